The number of anilines is 1. The Bertz CT molecular complexity index is 802. The van der Waals surface area contributed by atoms with E-state index in [9.17, 15) is 13.2 Å². The molecule has 1 amide bonds. The van der Waals surface area contributed by atoms with Crippen LogP contribution in [0.1, 0.15) is 55.1 Å². The van der Waals surface area contributed by atoms with Crippen molar-refractivity contribution in [2.75, 3.05) is 31.6 Å². The van der Waals surface area contributed by atoms with Crippen molar-refractivity contribution in [3.05, 3.63) is 17.1 Å². The van der Waals surface area contributed by atoms with Gasteiger partial charge in [0.05, 0.1) is 17.2 Å². The molecule has 0 radical (unpaired) electrons. The molecular formula is C17H24N4O3S. The number of amides is 1. The van der Waals surface area contributed by atoms with Crippen LogP contribution < -0.4 is 4.90 Å². The molecule has 3 aliphatic rings. The van der Waals surface area contributed by atoms with Crippen LogP contribution in [0.15, 0.2) is 0 Å². The molecule has 8 heteroatoms. The fourth-order valence-electron chi connectivity index (χ4n) is 4.05. The van der Waals surface area contributed by atoms with Gasteiger partial charge in [-0.25, -0.2) is 18.4 Å². The molecule has 136 valence electrons. The molecule has 0 spiro atoms. The second kappa shape index (κ2) is 6.23. The first-order chi connectivity index (χ1) is 11.9. The van der Waals surface area contributed by atoms with E-state index >= 15 is 0 Å². The lowest BCUT2D eigenvalue weighted by Gasteiger charge is -2.24. The highest BCUT2D eigenvalue weighted by atomic mass is 32.2. The summed E-state index contributed by atoms with van der Waals surface area (Å²) in [6, 6.07) is 0. The highest BCUT2D eigenvalue weighted by molar-refractivity contribution is 7.90. The van der Waals surface area contributed by atoms with Crippen LogP contribution >= 0.6 is 0 Å². The summed E-state index contributed by atoms with van der Waals surface area (Å²) in [6.45, 7) is 1.88. The SMILES string of the molecule is CN1CCN(c2nc(C3CCCC3)nc3c2CS(=O)(=O)C3)CCC1=O. The molecule has 1 aromatic rings. The summed E-state index contributed by atoms with van der Waals surface area (Å²) in [4.78, 5) is 25.3. The van der Waals surface area contributed by atoms with Crippen LogP contribution in [0.3, 0.4) is 0 Å². The molecule has 1 saturated heterocycles. The molecule has 0 atom stereocenters. The molecule has 3 heterocycles. The predicted octanol–water partition coefficient (Wildman–Crippen LogP) is 1.23. The van der Waals surface area contributed by atoms with E-state index in [4.69, 9.17) is 4.98 Å². The first-order valence-electron chi connectivity index (χ1n) is 9.02. The minimum absolute atomic E-state index is 0.0168. The molecular weight excluding hydrogens is 340 g/mol. The molecule has 1 aromatic heterocycles. The molecule has 0 unspecified atom stereocenters. The number of likely N-dealkylation sites (N-methyl/N-ethyl adjacent to an activating group) is 1. The Balaban J connectivity index is 1.74. The number of aromatic nitrogens is 2. The Kier molecular flexibility index (Phi) is 4.17. The second-order valence-electron chi connectivity index (χ2n) is 7.40. The maximum absolute atomic E-state index is 12.2. The largest absolute Gasteiger partial charge is 0.354 e. The second-order valence-corrected chi connectivity index (χ2v) is 9.46. The number of hydrogen-bond acceptors (Lipinski definition) is 6. The third kappa shape index (κ3) is 3.23. The van der Waals surface area contributed by atoms with Crippen LogP contribution in [0.2, 0.25) is 0 Å². The van der Waals surface area contributed by atoms with Crippen LogP contribution in [0.4, 0.5) is 5.82 Å². The minimum atomic E-state index is -3.14. The van der Waals surface area contributed by atoms with Gasteiger partial charge in [0.15, 0.2) is 9.84 Å². The molecule has 0 aromatic carbocycles. The van der Waals surface area contributed by atoms with Crippen LogP contribution in [0, 0.1) is 0 Å². The lowest BCUT2D eigenvalue weighted by Crippen LogP contribution is -2.31. The van der Waals surface area contributed by atoms with Gasteiger partial charge in [0.2, 0.25) is 5.91 Å². The van der Waals surface area contributed by atoms with Crippen LogP contribution in [-0.4, -0.2) is 55.9 Å². The van der Waals surface area contributed by atoms with Crippen LogP contribution in [0.5, 0.6) is 0 Å². The van der Waals surface area contributed by atoms with Crippen LogP contribution in [0.25, 0.3) is 0 Å². The van der Waals surface area contributed by atoms with E-state index in [2.05, 4.69) is 9.88 Å². The standard InChI is InChI=1S/C17H24N4O3S/c1-20-8-9-21(7-6-15(20)22)17-13-10-25(23,24)11-14(13)18-16(19-17)12-4-2-3-5-12/h12H,2-11H2,1H3. The summed E-state index contributed by atoms with van der Waals surface area (Å²) in [5, 5.41) is 0. The number of sulfone groups is 1. The lowest BCUT2D eigenvalue weighted by molar-refractivity contribution is -0.129. The lowest BCUT2D eigenvalue weighted by atomic mass is 10.1. The van der Waals surface area contributed by atoms with Gasteiger partial charge in [-0.15, -0.1) is 0 Å². The van der Waals surface area contributed by atoms with Crippen molar-refractivity contribution in [1.29, 1.82) is 0 Å². The van der Waals surface area contributed by atoms with Gasteiger partial charge in [0, 0.05) is 44.6 Å². The van der Waals surface area contributed by atoms with E-state index in [1.165, 1.54) is 12.8 Å². The average molecular weight is 364 g/mol. The summed E-state index contributed by atoms with van der Waals surface area (Å²) in [5.41, 5.74) is 1.43. The molecule has 0 N–H and O–H groups in total. The summed E-state index contributed by atoms with van der Waals surface area (Å²) in [6.07, 6.45) is 4.95. The van der Waals surface area contributed by atoms with Gasteiger partial charge in [-0.05, 0) is 12.8 Å². The molecule has 1 aliphatic carbocycles. The quantitative estimate of drug-likeness (QED) is 0.785. The van der Waals surface area contributed by atoms with Crippen molar-refractivity contribution in [2.24, 2.45) is 0 Å². The number of rotatable bonds is 2. The zero-order valence-electron chi connectivity index (χ0n) is 14.6. The molecule has 2 aliphatic heterocycles. The first-order valence-corrected chi connectivity index (χ1v) is 10.8. The maximum Gasteiger partial charge on any atom is 0.224 e. The van der Waals surface area contributed by atoms with E-state index < -0.39 is 9.84 Å². The number of nitrogens with zero attached hydrogens (tertiary/aromatic N) is 4. The van der Waals surface area contributed by atoms with E-state index in [-0.39, 0.29) is 17.4 Å². The zero-order chi connectivity index (χ0) is 17.6. The number of carbonyl (C=O) groups excluding carboxylic acids is 1. The van der Waals surface area contributed by atoms with E-state index in [0.29, 0.717) is 37.7 Å². The molecule has 4 rings (SSSR count). The fraction of sp³-hybridized carbons (Fsp3) is 0.706. The number of fused-ring (bicyclic) bond motifs is 1. The van der Waals surface area contributed by atoms with Crippen molar-refractivity contribution in [2.45, 2.75) is 49.5 Å². The van der Waals surface area contributed by atoms with Gasteiger partial charge in [-0.2, -0.15) is 0 Å². The Labute approximate surface area is 148 Å². The Morgan fingerprint density at radius 2 is 1.80 bits per heavy atom. The smallest absolute Gasteiger partial charge is 0.224 e. The van der Waals surface area contributed by atoms with Gasteiger partial charge in [0.1, 0.15) is 11.6 Å². The van der Waals surface area contributed by atoms with Gasteiger partial charge in [-0.3, -0.25) is 4.79 Å². The molecule has 2 fully saturated rings. The van der Waals surface area contributed by atoms with Gasteiger partial charge in [-0.1, -0.05) is 12.8 Å². The average Bonchev–Trinajstić information content (AvgIpc) is 3.15. The summed E-state index contributed by atoms with van der Waals surface area (Å²) >= 11 is 0. The molecule has 1 saturated carbocycles. The highest BCUT2D eigenvalue weighted by Gasteiger charge is 2.34. The maximum atomic E-state index is 12.2. The summed E-state index contributed by atoms with van der Waals surface area (Å²) < 4.78 is 24.4. The van der Waals surface area contributed by atoms with Crippen LogP contribution in [-0.2, 0) is 26.1 Å². The predicted molar refractivity (Wildman–Crippen MR) is 94.0 cm³/mol. The van der Waals surface area contributed by atoms with Crippen molar-refractivity contribution in [3.8, 4) is 0 Å². The summed E-state index contributed by atoms with van der Waals surface area (Å²) in [5.74, 6) is 2.04. The Morgan fingerprint density at radius 3 is 2.56 bits per heavy atom. The minimum Gasteiger partial charge on any atom is -0.354 e. The summed E-state index contributed by atoms with van der Waals surface area (Å²) in [7, 11) is -1.33. The van der Waals surface area contributed by atoms with Crippen molar-refractivity contribution >= 4 is 21.6 Å². The topological polar surface area (TPSA) is 83.5 Å². The van der Waals surface area contributed by atoms with E-state index in [1.54, 1.807) is 4.90 Å². The third-order valence-corrected chi connectivity index (χ3v) is 7.00. The third-order valence-electron chi connectivity index (χ3n) is 5.56. The van der Waals surface area contributed by atoms with Crippen molar-refractivity contribution < 1.29 is 13.2 Å². The molecule has 25 heavy (non-hydrogen) atoms. The molecule has 0 bridgehead atoms. The van der Waals surface area contributed by atoms with E-state index in [1.807, 2.05) is 7.05 Å². The first kappa shape index (κ1) is 16.8. The van der Waals surface area contributed by atoms with E-state index in [0.717, 1.165) is 30.0 Å². The number of hydrogen-bond donors (Lipinski definition) is 0. The fourth-order valence-corrected chi connectivity index (χ4v) is 5.54. The van der Waals surface area contributed by atoms with Gasteiger partial charge < -0.3 is 9.80 Å². The van der Waals surface area contributed by atoms with Crippen molar-refractivity contribution in [3.63, 3.8) is 0 Å². The highest BCUT2D eigenvalue weighted by Crippen LogP contribution is 2.37. The monoisotopic (exact) mass is 364 g/mol. The van der Waals surface area contributed by atoms with Crippen molar-refractivity contribution in [1.82, 2.24) is 14.9 Å². The molecule has 7 nitrogen and oxygen atoms in total. The Morgan fingerprint density at radius 1 is 1.04 bits per heavy atom. The Hall–Kier alpha value is -1.70. The van der Waals surface area contributed by atoms with Gasteiger partial charge in [0.25, 0.3) is 0 Å². The normalized spacial score (nSPS) is 23.8. The zero-order valence-corrected chi connectivity index (χ0v) is 15.4. The van der Waals surface area contributed by atoms with Gasteiger partial charge >= 0.3 is 0 Å². The number of carbonyl (C=O) groups is 1.